The summed E-state index contributed by atoms with van der Waals surface area (Å²) in [7, 11) is 0. The van der Waals surface area contributed by atoms with Crippen molar-refractivity contribution in [3.63, 3.8) is 0 Å². The van der Waals surface area contributed by atoms with Gasteiger partial charge < -0.3 is 11.1 Å². The van der Waals surface area contributed by atoms with Crippen LogP contribution >= 0.6 is 0 Å². The zero-order valence-corrected chi connectivity index (χ0v) is 10.1. The van der Waals surface area contributed by atoms with Gasteiger partial charge in [0, 0.05) is 12.5 Å². The molecule has 2 aliphatic carbocycles. The summed E-state index contributed by atoms with van der Waals surface area (Å²) in [5.41, 5.74) is 5.39. The molecule has 2 rings (SSSR count). The molecule has 3 nitrogen and oxygen atoms in total. The van der Waals surface area contributed by atoms with Crippen molar-refractivity contribution >= 4 is 5.91 Å². The highest BCUT2D eigenvalue weighted by atomic mass is 16.1. The van der Waals surface area contributed by atoms with E-state index in [2.05, 4.69) is 5.32 Å². The van der Waals surface area contributed by atoms with E-state index >= 15 is 0 Å². The molecule has 0 aromatic carbocycles. The summed E-state index contributed by atoms with van der Waals surface area (Å²) < 4.78 is 0. The molecule has 0 radical (unpaired) electrons. The molecule has 0 heterocycles. The number of hydrogen-bond acceptors (Lipinski definition) is 2. The van der Waals surface area contributed by atoms with Gasteiger partial charge in [-0.3, -0.25) is 4.79 Å². The van der Waals surface area contributed by atoms with Crippen LogP contribution in [-0.2, 0) is 4.79 Å². The number of carbonyl (C=O) groups excluding carboxylic acids is 1. The van der Waals surface area contributed by atoms with Gasteiger partial charge in [0.05, 0.1) is 0 Å². The number of nitrogens with one attached hydrogen (secondary N) is 1. The van der Waals surface area contributed by atoms with Gasteiger partial charge in [-0.1, -0.05) is 32.1 Å². The fourth-order valence-electron chi connectivity index (χ4n) is 3.01. The van der Waals surface area contributed by atoms with E-state index in [4.69, 9.17) is 5.73 Å². The van der Waals surface area contributed by atoms with E-state index in [1.54, 1.807) is 0 Å². The maximum Gasteiger partial charge on any atom is 0.220 e. The standard InChI is InChI=1S/C13H24N2O/c14-8-4-7-13(16)15-12-9-11(12)10-5-2-1-3-6-10/h10-12H,1-9,14H2,(H,15,16). The molecular weight excluding hydrogens is 200 g/mol. The monoisotopic (exact) mass is 224 g/mol. The lowest BCUT2D eigenvalue weighted by molar-refractivity contribution is -0.121. The van der Waals surface area contributed by atoms with Crippen molar-refractivity contribution < 1.29 is 4.79 Å². The van der Waals surface area contributed by atoms with Crippen LogP contribution in [-0.4, -0.2) is 18.5 Å². The lowest BCUT2D eigenvalue weighted by Crippen LogP contribution is -2.28. The number of nitrogens with two attached hydrogens (primary N) is 1. The number of hydrogen-bond donors (Lipinski definition) is 2. The van der Waals surface area contributed by atoms with E-state index in [1.165, 1.54) is 38.5 Å². The Morgan fingerprint density at radius 2 is 2.00 bits per heavy atom. The summed E-state index contributed by atoms with van der Waals surface area (Å²) >= 11 is 0. The molecule has 0 saturated heterocycles. The van der Waals surface area contributed by atoms with Crippen LogP contribution in [0, 0.1) is 11.8 Å². The van der Waals surface area contributed by atoms with Crippen molar-refractivity contribution in [3.05, 3.63) is 0 Å². The molecule has 0 spiro atoms. The Hall–Kier alpha value is -0.570. The largest absolute Gasteiger partial charge is 0.353 e. The first kappa shape index (κ1) is 11.9. The molecule has 2 saturated carbocycles. The summed E-state index contributed by atoms with van der Waals surface area (Å²) in [6.45, 7) is 0.615. The van der Waals surface area contributed by atoms with Gasteiger partial charge in [-0.2, -0.15) is 0 Å². The third-order valence-corrected chi connectivity index (χ3v) is 4.05. The molecule has 1 amide bonds. The molecule has 2 aliphatic rings. The number of carbonyl (C=O) groups is 1. The SMILES string of the molecule is NCCCC(=O)NC1CC1C1CCCCC1. The molecule has 0 aromatic heterocycles. The molecule has 0 aliphatic heterocycles. The normalized spacial score (nSPS) is 30.1. The Kier molecular flexibility index (Phi) is 4.22. The van der Waals surface area contributed by atoms with Gasteiger partial charge in [0.1, 0.15) is 0 Å². The third kappa shape index (κ3) is 3.21. The van der Waals surface area contributed by atoms with Crippen LogP contribution < -0.4 is 11.1 Å². The Morgan fingerprint density at radius 3 is 2.69 bits per heavy atom. The second kappa shape index (κ2) is 5.67. The number of rotatable bonds is 5. The average Bonchev–Trinajstić information content (AvgIpc) is 3.07. The van der Waals surface area contributed by atoms with Gasteiger partial charge in [0.15, 0.2) is 0 Å². The Bertz CT molecular complexity index is 236. The van der Waals surface area contributed by atoms with Crippen LogP contribution in [0.3, 0.4) is 0 Å². The smallest absolute Gasteiger partial charge is 0.220 e. The highest BCUT2D eigenvalue weighted by molar-refractivity contribution is 5.76. The number of amides is 1. The lowest BCUT2D eigenvalue weighted by Gasteiger charge is -2.21. The molecular formula is C13H24N2O. The van der Waals surface area contributed by atoms with Gasteiger partial charge in [-0.05, 0) is 31.2 Å². The van der Waals surface area contributed by atoms with Crippen molar-refractivity contribution in [1.29, 1.82) is 0 Å². The first-order valence-electron chi connectivity index (χ1n) is 6.80. The fourth-order valence-corrected chi connectivity index (χ4v) is 3.01. The van der Waals surface area contributed by atoms with Crippen molar-refractivity contribution in [2.45, 2.75) is 57.4 Å². The zero-order chi connectivity index (χ0) is 11.4. The fraction of sp³-hybridized carbons (Fsp3) is 0.923. The second-order valence-electron chi connectivity index (χ2n) is 5.36. The summed E-state index contributed by atoms with van der Waals surface area (Å²) in [6.07, 6.45) is 9.62. The first-order chi connectivity index (χ1) is 7.81. The molecule has 0 bridgehead atoms. The zero-order valence-electron chi connectivity index (χ0n) is 10.1. The van der Waals surface area contributed by atoms with Crippen molar-refractivity contribution in [1.82, 2.24) is 5.32 Å². The van der Waals surface area contributed by atoms with E-state index in [9.17, 15) is 4.79 Å². The molecule has 2 unspecified atom stereocenters. The maximum atomic E-state index is 11.5. The molecule has 0 aromatic rings. The molecule has 3 heteroatoms. The summed E-state index contributed by atoms with van der Waals surface area (Å²) in [4.78, 5) is 11.5. The molecule has 2 fully saturated rings. The second-order valence-corrected chi connectivity index (χ2v) is 5.36. The van der Waals surface area contributed by atoms with E-state index in [0.29, 0.717) is 19.0 Å². The van der Waals surface area contributed by atoms with E-state index < -0.39 is 0 Å². The maximum absolute atomic E-state index is 11.5. The summed E-state index contributed by atoms with van der Waals surface area (Å²) in [5.74, 6) is 1.89. The Morgan fingerprint density at radius 1 is 1.25 bits per heavy atom. The average molecular weight is 224 g/mol. The van der Waals surface area contributed by atoms with Gasteiger partial charge >= 0.3 is 0 Å². The van der Waals surface area contributed by atoms with E-state index in [1.807, 2.05) is 0 Å². The minimum Gasteiger partial charge on any atom is -0.353 e. The van der Waals surface area contributed by atoms with Crippen LogP contribution in [0.5, 0.6) is 0 Å². The molecule has 16 heavy (non-hydrogen) atoms. The topological polar surface area (TPSA) is 55.1 Å². The van der Waals surface area contributed by atoms with Gasteiger partial charge in [-0.15, -0.1) is 0 Å². The predicted molar refractivity (Wildman–Crippen MR) is 64.9 cm³/mol. The lowest BCUT2D eigenvalue weighted by atomic mass is 9.85. The summed E-state index contributed by atoms with van der Waals surface area (Å²) in [5, 5.41) is 3.14. The Labute approximate surface area is 98.2 Å². The van der Waals surface area contributed by atoms with E-state index in [0.717, 1.165) is 18.3 Å². The van der Waals surface area contributed by atoms with Crippen LogP contribution in [0.2, 0.25) is 0 Å². The minimum atomic E-state index is 0.203. The molecule has 2 atom stereocenters. The van der Waals surface area contributed by atoms with Crippen LogP contribution in [0.1, 0.15) is 51.4 Å². The molecule has 3 N–H and O–H groups in total. The highest BCUT2D eigenvalue weighted by Crippen LogP contribution is 2.44. The predicted octanol–water partition coefficient (Wildman–Crippen LogP) is 1.81. The Balaban J connectivity index is 1.64. The molecule has 92 valence electrons. The van der Waals surface area contributed by atoms with E-state index in [-0.39, 0.29) is 5.91 Å². The van der Waals surface area contributed by atoms with Crippen molar-refractivity contribution in [2.75, 3.05) is 6.54 Å². The minimum absolute atomic E-state index is 0.203. The third-order valence-electron chi connectivity index (χ3n) is 4.05. The van der Waals surface area contributed by atoms with Gasteiger partial charge in [0.25, 0.3) is 0 Å². The van der Waals surface area contributed by atoms with Crippen LogP contribution in [0.25, 0.3) is 0 Å². The van der Waals surface area contributed by atoms with Crippen LogP contribution in [0.4, 0.5) is 0 Å². The quantitative estimate of drug-likeness (QED) is 0.748. The van der Waals surface area contributed by atoms with Crippen LogP contribution in [0.15, 0.2) is 0 Å². The van der Waals surface area contributed by atoms with Crippen molar-refractivity contribution in [2.24, 2.45) is 17.6 Å². The first-order valence-corrected chi connectivity index (χ1v) is 6.80. The van der Waals surface area contributed by atoms with Crippen molar-refractivity contribution in [3.8, 4) is 0 Å². The van der Waals surface area contributed by atoms with Gasteiger partial charge in [-0.25, -0.2) is 0 Å². The van der Waals surface area contributed by atoms with Gasteiger partial charge in [0.2, 0.25) is 5.91 Å². The summed E-state index contributed by atoms with van der Waals surface area (Å²) in [6, 6.07) is 0.494. The highest BCUT2D eigenvalue weighted by Gasteiger charge is 2.43.